The van der Waals surface area contributed by atoms with Crippen molar-refractivity contribution in [1.29, 1.82) is 0 Å². The molecule has 48 heavy (non-hydrogen) atoms. The molecule has 0 amide bonds. The monoisotopic (exact) mass is 678 g/mol. The number of aliphatic hydroxyl groups is 2. The van der Waals surface area contributed by atoms with Gasteiger partial charge in [-0.25, -0.2) is 0 Å². The Morgan fingerprint density at radius 3 is 1.19 bits per heavy atom. The molecule has 0 fully saturated rings. The van der Waals surface area contributed by atoms with E-state index in [9.17, 15) is 20.1 Å². The highest BCUT2D eigenvalue weighted by molar-refractivity contribution is 5.70. The van der Waals surface area contributed by atoms with Crippen molar-refractivity contribution >= 4 is 5.97 Å². The zero-order chi connectivity index (χ0) is 35.2. The number of hydrogen-bond acceptors (Lipinski definition) is 4. The van der Waals surface area contributed by atoms with Gasteiger partial charge in [-0.1, -0.05) is 193 Å². The van der Waals surface area contributed by atoms with E-state index < -0.39 is 24.5 Å². The summed E-state index contributed by atoms with van der Waals surface area (Å²) in [5, 5.41) is 32.5. The van der Waals surface area contributed by atoms with Gasteiger partial charge in [-0.05, 0) is 51.0 Å². The van der Waals surface area contributed by atoms with E-state index in [1.54, 1.807) is 6.08 Å². The molecule has 0 bridgehead atoms. The first-order valence-electron chi connectivity index (χ1n) is 21.0. The van der Waals surface area contributed by atoms with Gasteiger partial charge in [-0.2, -0.15) is 5.11 Å². The van der Waals surface area contributed by atoms with E-state index in [0.29, 0.717) is 12.8 Å². The van der Waals surface area contributed by atoms with E-state index in [1.165, 1.54) is 154 Å². The summed E-state index contributed by atoms with van der Waals surface area (Å²) in [5.74, 6) is -3.03. The maximum atomic E-state index is 13.1. The molecule has 0 aromatic carbocycles. The molecule has 0 aliphatic carbocycles. The molecule has 0 saturated carbocycles. The second kappa shape index (κ2) is 37.1. The molecule has 0 saturated heterocycles. The zero-order valence-corrected chi connectivity index (χ0v) is 32.0. The molecule has 0 aromatic heterocycles. The van der Waals surface area contributed by atoms with E-state index in [4.69, 9.17) is 4.74 Å². The first-order valence-corrected chi connectivity index (χ1v) is 21.0. The molecule has 0 aliphatic rings. The van der Waals surface area contributed by atoms with Crippen molar-refractivity contribution in [2.45, 2.75) is 238 Å². The van der Waals surface area contributed by atoms with Gasteiger partial charge in [0.05, 0.1) is 6.61 Å². The third-order valence-electron chi connectivity index (χ3n) is 9.63. The van der Waals surface area contributed by atoms with Crippen LogP contribution in [0.4, 0.5) is 0 Å². The van der Waals surface area contributed by atoms with Gasteiger partial charge in [0.1, 0.15) is 6.10 Å². The van der Waals surface area contributed by atoms with Crippen LogP contribution in [-0.2, 0) is 14.6 Å². The van der Waals surface area contributed by atoms with Gasteiger partial charge in [-0.3, -0.25) is 4.79 Å². The maximum Gasteiger partial charge on any atom is 0.308 e. The highest BCUT2D eigenvalue weighted by atomic mass is 16.7. The Balaban J connectivity index is 3.82. The summed E-state index contributed by atoms with van der Waals surface area (Å²) in [6.07, 6.45) is 45.9. The highest BCUT2D eigenvalue weighted by Crippen LogP contribution is 2.20. The van der Waals surface area contributed by atoms with E-state index >= 15 is 0 Å². The summed E-state index contributed by atoms with van der Waals surface area (Å²) in [6, 6.07) is 0. The fourth-order valence-corrected chi connectivity index (χ4v) is 6.32. The molecule has 0 heterocycles. The lowest BCUT2D eigenvalue weighted by Crippen LogP contribution is -2.45. The van der Waals surface area contributed by atoms with Gasteiger partial charge in [0.15, 0.2) is 0 Å². The van der Waals surface area contributed by atoms with Crippen LogP contribution in [0.2, 0.25) is 0 Å². The lowest BCUT2D eigenvalue weighted by Gasteiger charge is -2.26. The fourth-order valence-electron chi connectivity index (χ4n) is 6.32. The minimum atomic E-state index is -2.43. The lowest BCUT2D eigenvalue weighted by atomic mass is 10.0. The normalized spacial score (nSPS) is 13.9. The average Bonchev–Trinajstić information content (AvgIpc) is 3.08. The van der Waals surface area contributed by atoms with E-state index in [0.717, 1.165) is 44.9 Å². The number of hydrogen-bond donors (Lipinski definition) is 2. The highest BCUT2D eigenvalue weighted by Gasteiger charge is 2.39. The summed E-state index contributed by atoms with van der Waals surface area (Å²) in [5.41, 5.74) is 0. The van der Waals surface area contributed by atoms with Crippen LogP contribution < -0.4 is 0 Å². The van der Waals surface area contributed by atoms with Gasteiger partial charge in [0, 0.05) is 6.42 Å². The molecular weight excluding hydrogens is 596 g/mol. The number of carbonyl (C=O) groups excluding carboxylic acids is 1. The lowest BCUT2D eigenvalue weighted by molar-refractivity contribution is -0.252. The minimum Gasteiger partial charge on any atom is -0.424 e. The van der Waals surface area contributed by atoms with Crippen molar-refractivity contribution in [2.75, 3.05) is 6.61 Å². The summed E-state index contributed by atoms with van der Waals surface area (Å²) in [7, 11) is 0. The van der Waals surface area contributed by atoms with Crippen LogP contribution in [0.3, 0.4) is 0 Å². The Kier molecular flexibility index (Phi) is 36.2. The summed E-state index contributed by atoms with van der Waals surface area (Å²) in [4.78, 5) is 12.4. The third-order valence-corrected chi connectivity index (χ3v) is 9.63. The number of aliphatic hydroxyl groups excluding tert-OH is 2. The predicted molar refractivity (Wildman–Crippen MR) is 205 cm³/mol. The Morgan fingerprint density at radius 1 is 0.521 bits per heavy atom. The second-order valence-corrected chi connectivity index (χ2v) is 14.4. The summed E-state index contributed by atoms with van der Waals surface area (Å²) < 4.78 is 5.15. The number of allylic oxidation sites excluding steroid dienone is 3. The molecule has 5 nitrogen and oxygen atoms in total. The Hall–Kier alpha value is -1.17. The Bertz CT molecular complexity index is 720. The van der Waals surface area contributed by atoms with Crippen LogP contribution in [-0.4, -0.2) is 34.7 Å². The van der Waals surface area contributed by atoms with Crippen molar-refractivity contribution in [3.63, 3.8) is 0 Å². The van der Waals surface area contributed by atoms with Crippen LogP contribution >= 0.6 is 0 Å². The molecule has 283 valence electrons. The summed E-state index contributed by atoms with van der Waals surface area (Å²) in [6.45, 7) is 3.79. The molecule has 0 aliphatic heterocycles. The molecular formula is C43H81O5. The molecule has 2 atom stereocenters. The fraction of sp³-hybridized carbons (Fsp3) is 0.884. The number of esters is 1. The topological polar surface area (TPSA) is 86.7 Å². The van der Waals surface area contributed by atoms with Crippen molar-refractivity contribution in [3.8, 4) is 0 Å². The Morgan fingerprint density at radius 2 is 0.833 bits per heavy atom. The second-order valence-electron chi connectivity index (χ2n) is 14.4. The standard InChI is InChI=1S/C43H81O5/c1-3-5-7-9-11-13-15-17-19-21-23-25-27-29-31-33-35-37-39-43(47,41(45)40-44)48-42(46)38-36-34-32-30-28-26-24-22-20-18-16-14-12-10-8-6-4-2/h22,24,37,39,41,44-45H,3-21,23,25-36,38,40H2,1-2H3/b24-22-,39-37?. The van der Waals surface area contributed by atoms with E-state index in [1.807, 2.05) is 0 Å². The maximum absolute atomic E-state index is 13.1. The summed E-state index contributed by atoms with van der Waals surface area (Å²) >= 11 is 0. The molecule has 0 spiro atoms. The average molecular weight is 678 g/mol. The van der Waals surface area contributed by atoms with Crippen LogP contribution in [0.5, 0.6) is 0 Å². The van der Waals surface area contributed by atoms with Gasteiger partial charge >= 0.3 is 5.97 Å². The largest absolute Gasteiger partial charge is 0.424 e. The van der Waals surface area contributed by atoms with Crippen molar-refractivity contribution in [1.82, 2.24) is 0 Å². The van der Waals surface area contributed by atoms with Crippen LogP contribution in [0.25, 0.3) is 0 Å². The zero-order valence-electron chi connectivity index (χ0n) is 32.0. The van der Waals surface area contributed by atoms with E-state index in [-0.39, 0.29) is 6.42 Å². The first kappa shape index (κ1) is 46.8. The van der Waals surface area contributed by atoms with E-state index in [2.05, 4.69) is 26.0 Å². The number of carbonyl (C=O) groups is 1. The predicted octanol–water partition coefficient (Wildman–Crippen LogP) is 13.0. The van der Waals surface area contributed by atoms with Crippen LogP contribution in [0, 0.1) is 0 Å². The number of rotatable bonds is 38. The van der Waals surface area contributed by atoms with Gasteiger partial charge in [-0.15, -0.1) is 0 Å². The molecule has 5 heteroatoms. The van der Waals surface area contributed by atoms with Gasteiger partial charge in [0.25, 0.3) is 5.79 Å². The molecule has 1 radical (unpaired) electrons. The van der Waals surface area contributed by atoms with Crippen LogP contribution in [0.1, 0.15) is 226 Å². The molecule has 2 N–H and O–H groups in total. The van der Waals surface area contributed by atoms with Crippen LogP contribution in [0.15, 0.2) is 24.3 Å². The third kappa shape index (κ3) is 32.1. The smallest absolute Gasteiger partial charge is 0.308 e. The number of ether oxygens (including phenoxy) is 1. The SMILES string of the molecule is CCCCCCCCCC/C=C\CCCCCCCC(=O)OC([O])(C=CCCCCCCCCCCCCCCCCCC)C(O)CO. The van der Waals surface area contributed by atoms with Crippen molar-refractivity contribution in [2.24, 2.45) is 0 Å². The van der Waals surface area contributed by atoms with Crippen molar-refractivity contribution < 1.29 is 24.9 Å². The molecule has 0 rings (SSSR count). The quantitative estimate of drug-likeness (QED) is 0.0295. The first-order chi connectivity index (χ1) is 23.5. The minimum absolute atomic E-state index is 0.160. The molecule has 2 unspecified atom stereocenters. The van der Waals surface area contributed by atoms with Crippen molar-refractivity contribution in [3.05, 3.63) is 24.3 Å². The van der Waals surface area contributed by atoms with Gasteiger partial charge < -0.3 is 14.9 Å². The van der Waals surface area contributed by atoms with Gasteiger partial charge in [0.2, 0.25) is 0 Å². The number of unbranched alkanes of at least 4 members (excludes halogenated alkanes) is 29. The Labute approximate surface area is 298 Å². The molecule has 0 aromatic rings.